The number of piperidine rings is 1. The maximum absolute atomic E-state index is 11.2. The molecular weight excluding hydrogens is 230 g/mol. The molecule has 1 saturated heterocycles. The number of rotatable bonds is 2. The molecule has 0 radical (unpaired) electrons. The van der Waals surface area contributed by atoms with Crippen LogP contribution >= 0.6 is 10.7 Å². The van der Waals surface area contributed by atoms with E-state index in [-0.39, 0.29) is 18.4 Å². The Labute approximate surface area is 87.5 Å². The molecule has 0 aromatic rings. The van der Waals surface area contributed by atoms with Crippen LogP contribution in [0.4, 0.5) is 0 Å². The topological polar surface area (TPSA) is 63.7 Å². The van der Waals surface area contributed by atoms with Crippen LogP contribution in [0.2, 0.25) is 0 Å². The van der Waals surface area contributed by atoms with Gasteiger partial charge in [-0.2, -0.15) is 12.7 Å². The summed E-state index contributed by atoms with van der Waals surface area (Å²) in [7, 11) is 2.76. The van der Waals surface area contributed by atoms with Gasteiger partial charge in [0, 0.05) is 23.8 Å². The summed E-state index contributed by atoms with van der Waals surface area (Å²) in [5.74, 6) is -0.766. The van der Waals surface area contributed by atoms with E-state index >= 15 is 0 Å². The molecule has 0 bridgehead atoms. The van der Waals surface area contributed by atoms with Gasteiger partial charge in [-0.3, -0.25) is 4.79 Å². The van der Waals surface area contributed by atoms with Crippen LogP contribution in [0.25, 0.3) is 0 Å². The van der Waals surface area contributed by atoms with Crippen LogP contribution in [0.15, 0.2) is 0 Å². The molecule has 1 fully saturated rings. The molecule has 0 saturated carbocycles. The molecule has 0 aromatic carbocycles. The molecule has 0 N–H and O–H groups in total. The maximum atomic E-state index is 11.2. The molecule has 1 atom stereocenters. The second kappa shape index (κ2) is 4.46. The molecule has 1 rings (SSSR count). The van der Waals surface area contributed by atoms with Gasteiger partial charge in [0.2, 0.25) is 0 Å². The highest BCUT2D eigenvalue weighted by atomic mass is 35.7. The molecule has 0 aromatic heterocycles. The number of methoxy groups -OCH3 is 1. The van der Waals surface area contributed by atoms with Crippen LogP contribution in [0, 0.1) is 5.92 Å². The molecular formula is C7H12ClNO4S. The van der Waals surface area contributed by atoms with Crippen LogP contribution in [-0.2, 0) is 18.8 Å². The third-order valence-electron chi connectivity index (χ3n) is 2.23. The largest absolute Gasteiger partial charge is 0.469 e. The first-order valence-corrected chi connectivity index (χ1v) is 6.49. The maximum Gasteiger partial charge on any atom is 0.309 e. The lowest BCUT2D eigenvalue weighted by Gasteiger charge is -2.28. The summed E-state index contributed by atoms with van der Waals surface area (Å²) in [6.45, 7) is 0.498. The zero-order valence-corrected chi connectivity index (χ0v) is 9.34. The fourth-order valence-electron chi connectivity index (χ4n) is 1.50. The highest BCUT2D eigenvalue weighted by Gasteiger charge is 2.31. The van der Waals surface area contributed by atoms with Crippen LogP contribution in [-0.4, -0.2) is 38.9 Å². The number of hydrogen-bond donors (Lipinski definition) is 0. The van der Waals surface area contributed by atoms with E-state index in [1.54, 1.807) is 0 Å². The second-order valence-corrected chi connectivity index (χ2v) is 5.67. The van der Waals surface area contributed by atoms with Gasteiger partial charge >= 0.3 is 5.97 Å². The minimum absolute atomic E-state index is 0.124. The molecule has 0 amide bonds. The van der Waals surface area contributed by atoms with E-state index in [2.05, 4.69) is 4.74 Å². The van der Waals surface area contributed by atoms with Gasteiger partial charge in [-0.25, -0.2) is 0 Å². The summed E-state index contributed by atoms with van der Waals surface area (Å²) < 4.78 is 27.6. The van der Waals surface area contributed by atoms with Crippen molar-refractivity contribution in [2.24, 2.45) is 5.92 Å². The zero-order valence-electron chi connectivity index (χ0n) is 7.77. The van der Waals surface area contributed by atoms with E-state index in [0.717, 1.165) is 4.31 Å². The number of ether oxygens (including phenoxy) is 1. The summed E-state index contributed by atoms with van der Waals surface area (Å²) in [5, 5.41) is 0. The summed E-state index contributed by atoms with van der Waals surface area (Å²) in [6, 6.07) is 0. The number of hydrogen-bond acceptors (Lipinski definition) is 4. The van der Waals surface area contributed by atoms with E-state index < -0.39 is 9.24 Å². The number of esters is 1. The Balaban J connectivity index is 2.65. The summed E-state index contributed by atoms with van der Waals surface area (Å²) in [6.07, 6.45) is 1.28. The third-order valence-corrected chi connectivity index (χ3v) is 3.76. The number of nitrogens with zero attached hydrogens (tertiary/aromatic N) is 1. The van der Waals surface area contributed by atoms with Gasteiger partial charge in [0.25, 0.3) is 9.24 Å². The predicted molar refractivity (Wildman–Crippen MR) is 51.1 cm³/mol. The Morgan fingerprint density at radius 1 is 1.57 bits per heavy atom. The van der Waals surface area contributed by atoms with Crippen molar-refractivity contribution in [2.45, 2.75) is 12.8 Å². The molecule has 1 heterocycles. The smallest absolute Gasteiger partial charge is 0.309 e. The number of carbonyl (C=O) groups excluding carboxylic acids is 1. The summed E-state index contributed by atoms with van der Waals surface area (Å²) >= 11 is 0. The summed E-state index contributed by atoms with van der Waals surface area (Å²) in [5.41, 5.74) is 0. The normalized spacial score (nSPS) is 24.6. The minimum atomic E-state index is -3.70. The second-order valence-electron chi connectivity index (χ2n) is 3.16. The molecule has 14 heavy (non-hydrogen) atoms. The Hall–Kier alpha value is -0.330. The first-order valence-electron chi connectivity index (χ1n) is 4.22. The lowest BCUT2D eigenvalue weighted by molar-refractivity contribution is -0.146. The van der Waals surface area contributed by atoms with Gasteiger partial charge in [-0.1, -0.05) is 0 Å². The van der Waals surface area contributed by atoms with Crippen molar-refractivity contribution in [2.75, 3.05) is 20.2 Å². The van der Waals surface area contributed by atoms with Gasteiger partial charge in [0.1, 0.15) is 0 Å². The van der Waals surface area contributed by atoms with Crippen LogP contribution in [0.3, 0.4) is 0 Å². The average Bonchev–Trinajstić information content (AvgIpc) is 2.15. The Morgan fingerprint density at radius 2 is 2.21 bits per heavy atom. The van der Waals surface area contributed by atoms with Crippen molar-refractivity contribution in [3.8, 4) is 0 Å². The minimum Gasteiger partial charge on any atom is -0.469 e. The van der Waals surface area contributed by atoms with Crippen LogP contribution in [0.5, 0.6) is 0 Å². The predicted octanol–water partition coefficient (Wildman–Crippen LogP) is 0.355. The van der Waals surface area contributed by atoms with E-state index in [1.807, 2.05) is 0 Å². The molecule has 82 valence electrons. The van der Waals surface area contributed by atoms with Crippen LogP contribution in [0.1, 0.15) is 12.8 Å². The van der Waals surface area contributed by atoms with Crippen molar-refractivity contribution in [3.63, 3.8) is 0 Å². The highest BCUT2D eigenvalue weighted by molar-refractivity contribution is 8.11. The molecule has 0 aliphatic carbocycles. The fraction of sp³-hybridized carbons (Fsp3) is 0.857. The first kappa shape index (κ1) is 11.7. The number of halogens is 1. The SMILES string of the molecule is COC(=O)[C@H]1CCCN(S(=O)(=O)Cl)C1. The highest BCUT2D eigenvalue weighted by Crippen LogP contribution is 2.21. The third kappa shape index (κ3) is 2.83. The monoisotopic (exact) mass is 241 g/mol. The van der Waals surface area contributed by atoms with E-state index in [1.165, 1.54) is 7.11 Å². The molecule has 0 unspecified atom stereocenters. The molecule has 1 aliphatic heterocycles. The van der Waals surface area contributed by atoms with Crippen LogP contribution < -0.4 is 0 Å². The standard InChI is InChI=1S/C7H12ClNO4S/c1-13-7(10)6-3-2-4-9(5-6)14(8,11)12/h6H,2-5H2,1H3/t6-/m0/s1. The zero-order chi connectivity index (χ0) is 10.8. The van der Waals surface area contributed by atoms with Crippen molar-refractivity contribution < 1.29 is 17.9 Å². The molecule has 0 spiro atoms. The quantitative estimate of drug-likeness (QED) is 0.517. The fourth-order valence-corrected chi connectivity index (χ4v) is 2.58. The average molecular weight is 242 g/mol. The van der Waals surface area contributed by atoms with Gasteiger partial charge in [0.15, 0.2) is 0 Å². The van der Waals surface area contributed by atoms with Crippen molar-refractivity contribution in [1.29, 1.82) is 0 Å². The molecule has 1 aliphatic rings. The van der Waals surface area contributed by atoms with Gasteiger partial charge in [-0.15, -0.1) is 0 Å². The first-order chi connectivity index (χ1) is 6.45. The van der Waals surface area contributed by atoms with Gasteiger partial charge in [0.05, 0.1) is 13.0 Å². The van der Waals surface area contributed by atoms with Crippen molar-refractivity contribution >= 4 is 25.9 Å². The summed E-state index contributed by atoms with van der Waals surface area (Å²) in [4.78, 5) is 11.2. The Kier molecular flexibility index (Phi) is 3.74. The van der Waals surface area contributed by atoms with E-state index in [9.17, 15) is 13.2 Å². The van der Waals surface area contributed by atoms with Crippen molar-refractivity contribution in [3.05, 3.63) is 0 Å². The van der Waals surface area contributed by atoms with E-state index in [4.69, 9.17) is 10.7 Å². The van der Waals surface area contributed by atoms with Gasteiger partial charge < -0.3 is 4.74 Å². The van der Waals surface area contributed by atoms with Gasteiger partial charge in [-0.05, 0) is 12.8 Å². The Morgan fingerprint density at radius 3 is 2.71 bits per heavy atom. The van der Waals surface area contributed by atoms with E-state index in [0.29, 0.717) is 19.4 Å². The Bertz CT molecular complexity index is 316. The lowest BCUT2D eigenvalue weighted by atomic mass is 10.0. The lowest BCUT2D eigenvalue weighted by Crippen LogP contribution is -2.40. The van der Waals surface area contributed by atoms with Crippen molar-refractivity contribution in [1.82, 2.24) is 4.31 Å². The number of carbonyl (C=O) groups is 1. The molecule has 7 heteroatoms. The molecule has 5 nitrogen and oxygen atoms in total.